The first kappa shape index (κ1) is 25.6. The number of hydrogen-bond acceptors (Lipinski definition) is 8. The number of nitro benzene ring substituents is 2. The van der Waals surface area contributed by atoms with E-state index in [1.807, 2.05) is 30.3 Å². The molecular formula is C28H19N3O7S. The highest BCUT2D eigenvalue weighted by molar-refractivity contribution is 8.18. The van der Waals surface area contributed by atoms with E-state index in [0.717, 1.165) is 33.0 Å². The number of amides is 2. The summed E-state index contributed by atoms with van der Waals surface area (Å²) in [6.45, 7) is 0.0359. The molecule has 0 spiro atoms. The number of imide groups is 1. The molecule has 0 aliphatic carbocycles. The van der Waals surface area contributed by atoms with Crippen LogP contribution in [0.25, 0.3) is 16.8 Å². The predicted octanol–water partition coefficient (Wildman–Crippen LogP) is 6.47. The van der Waals surface area contributed by atoms with Crippen LogP contribution in [0.15, 0.2) is 89.8 Å². The second-order valence-electron chi connectivity index (χ2n) is 8.61. The van der Waals surface area contributed by atoms with Gasteiger partial charge in [-0.1, -0.05) is 42.5 Å². The average Bonchev–Trinajstić information content (AvgIpc) is 3.20. The number of benzene rings is 4. The number of hydrogen-bond donors (Lipinski definition) is 0. The van der Waals surface area contributed by atoms with Gasteiger partial charge in [-0.15, -0.1) is 0 Å². The first-order valence-corrected chi connectivity index (χ1v) is 12.5. The molecule has 2 amide bonds. The highest BCUT2D eigenvalue weighted by Crippen LogP contribution is 2.38. The minimum Gasteiger partial charge on any atom is -0.488 e. The van der Waals surface area contributed by atoms with E-state index in [-0.39, 0.29) is 29.4 Å². The molecule has 0 unspecified atom stereocenters. The van der Waals surface area contributed by atoms with Crippen molar-refractivity contribution in [3.05, 3.63) is 127 Å². The topological polar surface area (TPSA) is 133 Å². The van der Waals surface area contributed by atoms with Crippen LogP contribution in [-0.4, -0.2) is 25.9 Å². The summed E-state index contributed by atoms with van der Waals surface area (Å²) in [5.74, 6) is -0.0386. The Bertz CT molecular complexity index is 1670. The molecule has 1 aliphatic rings. The van der Waals surface area contributed by atoms with E-state index in [0.29, 0.717) is 16.9 Å². The number of nitro groups is 2. The minimum atomic E-state index is -0.532. The molecule has 0 aromatic heterocycles. The van der Waals surface area contributed by atoms with Crippen LogP contribution in [-0.2, 0) is 17.9 Å². The first-order chi connectivity index (χ1) is 18.8. The molecule has 10 nitrogen and oxygen atoms in total. The zero-order valence-corrected chi connectivity index (χ0v) is 21.0. The summed E-state index contributed by atoms with van der Waals surface area (Å²) in [7, 11) is 0. The van der Waals surface area contributed by atoms with Gasteiger partial charge in [0.25, 0.3) is 22.5 Å². The molecular weight excluding hydrogens is 522 g/mol. The third-order valence-electron chi connectivity index (χ3n) is 6.08. The largest absolute Gasteiger partial charge is 0.488 e. The third kappa shape index (κ3) is 5.48. The van der Waals surface area contributed by atoms with E-state index in [1.54, 1.807) is 30.3 Å². The molecule has 4 aromatic carbocycles. The van der Waals surface area contributed by atoms with Gasteiger partial charge in [-0.2, -0.15) is 0 Å². The fourth-order valence-electron chi connectivity index (χ4n) is 4.14. The van der Waals surface area contributed by atoms with Crippen molar-refractivity contribution < 1.29 is 24.2 Å². The van der Waals surface area contributed by atoms with E-state index in [1.165, 1.54) is 30.3 Å². The fraction of sp³-hybridized carbons (Fsp3) is 0.0714. The second-order valence-corrected chi connectivity index (χ2v) is 9.60. The van der Waals surface area contributed by atoms with Crippen molar-refractivity contribution in [2.24, 2.45) is 0 Å². The van der Waals surface area contributed by atoms with Crippen molar-refractivity contribution in [2.45, 2.75) is 13.2 Å². The summed E-state index contributed by atoms with van der Waals surface area (Å²) in [6.07, 6.45) is 1.62. The molecule has 1 heterocycles. The van der Waals surface area contributed by atoms with Crippen LogP contribution in [0.4, 0.5) is 16.2 Å². The number of carbonyl (C=O) groups is 2. The molecule has 0 saturated carbocycles. The van der Waals surface area contributed by atoms with Crippen molar-refractivity contribution in [3.63, 3.8) is 0 Å². The Balaban J connectivity index is 1.44. The quantitative estimate of drug-likeness (QED) is 0.141. The van der Waals surface area contributed by atoms with E-state index in [4.69, 9.17) is 4.74 Å². The Kier molecular flexibility index (Phi) is 7.06. The summed E-state index contributed by atoms with van der Waals surface area (Å²) >= 11 is 0.788. The molecule has 1 fully saturated rings. The monoisotopic (exact) mass is 541 g/mol. The maximum atomic E-state index is 13.2. The van der Waals surface area contributed by atoms with Crippen LogP contribution >= 0.6 is 11.8 Å². The van der Waals surface area contributed by atoms with Gasteiger partial charge in [0.2, 0.25) is 0 Å². The van der Waals surface area contributed by atoms with Crippen molar-refractivity contribution in [1.82, 2.24) is 4.90 Å². The van der Waals surface area contributed by atoms with Crippen molar-refractivity contribution in [1.29, 1.82) is 0 Å². The summed E-state index contributed by atoms with van der Waals surface area (Å²) in [5, 5.41) is 23.3. The number of ether oxygens (including phenoxy) is 1. The third-order valence-corrected chi connectivity index (χ3v) is 6.99. The minimum absolute atomic E-state index is 0.0222. The van der Waals surface area contributed by atoms with Gasteiger partial charge in [-0.25, -0.2) is 0 Å². The maximum absolute atomic E-state index is 13.2. The number of thioether (sulfide) groups is 1. The Morgan fingerprint density at radius 2 is 1.56 bits per heavy atom. The Labute approximate surface area is 225 Å². The highest BCUT2D eigenvalue weighted by atomic mass is 32.2. The molecule has 0 bridgehead atoms. The normalized spacial score (nSPS) is 14.3. The van der Waals surface area contributed by atoms with Gasteiger partial charge in [-0.3, -0.25) is 34.7 Å². The summed E-state index contributed by atoms with van der Waals surface area (Å²) in [6, 6.07) is 23.0. The molecule has 39 heavy (non-hydrogen) atoms. The maximum Gasteiger partial charge on any atom is 0.293 e. The molecule has 1 saturated heterocycles. The number of rotatable bonds is 8. The smallest absolute Gasteiger partial charge is 0.293 e. The van der Waals surface area contributed by atoms with Crippen molar-refractivity contribution in [3.8, 4) is 5.75 Å². The Morgan fingerprint density at radius 1 is 0.821 bits per heavy atom. The van der Waals surface area contributed by atoms with E-state index >= 15 is 0 Å². The van der Waals surface area contributed by atoms with Crippen molar-refractivity contribution in [2.75, 3.05) is 0 Å². The molecule has 1 aliphatic heterocycles. The summed E-state index contributed by atoms with van der Waals surface area (Å²) < 4.78 is 6.06. The number of fused-ring (bicyclic) bond motifs is 1. The zero-order chi connectivity index (χ0) is 27.5. The number of non-ortho nitro benzene ring substituents is 2. The molecule has 194 valence electrons. The van der Waals surface area contributed by atoms with Crippen molar-refractivity contribution >= 4 is 51.1 Å². The number of nitrogens with zero attached hydrogens (tertiary/aromatic N) is 3. The Hall–Kier alpha value is -5.03. The predicted molar refractivity (Wildman–Crippen MR) is 146 cm³/mol. The van der Waals surface area contributed by atoms with Crippen LogP contribution in [0.3, 0.4) is 0 Å². The lowest BCUT2D eigenvalue weighted by Crippen LogP contribution is -2.27. The van der Waals surface area contributed by atoms with Gasteiger partial charge < -0.3 is 4.74 Å². The van der Waals surface area contributed by atoms with Crippen LogP contribution in [0.5, 0.6) is 5.75 Å². The first-order valence-electron chi connectivity index (χ1n) is 11.7. The van der Waals surface area contributed by atoms with Gasteiger partial charge in [0.05, 0.1) is 21.3 Å². The van der Waals surface area contributed by atoms with E-state index in [2.05, 4.69) is 0 Å². The van der Waals surface area contributed by atoms with Gasteiger partial charge >= 0.3 is 0 Å². The molecule has 0 radical (unpaired) electrons. The lowest BCUT2D eigenvalue weighted by molar-refractivity contribution is -0.385. The van der Waals surface area contributed by atoms with Crippen LogP contribution in [0.1, 0.15) is 16.7 Å². The molecule has 11 heteroatoms. The van der Waals surface area contributed by atoms with E-state index < -0.39 is 21.0 Å². The van der Waals surface area contributed by atoms with Gasteiger partial charge in [0.15, 0.2) is 0 Å². The van der Waals surface area contributed by atoms with Crippen LogP contribution in [0, 0.1) is 20.2 Å². The molecule has 5 rings (SSSR count). The van der Waals surface area contributed by atoms with Gasteiger partial charge in [0.1, 0.15) is 12.4 Å². The fourth-order valence-corrected chi connectivity index (χ4v) is 4.96. The van der Waals surface area contributed by atoms with Crippen LogP contribution < -0.4 is 4.74 Å². The average molecular weight is 542 g/mol. The molecule has 0 N–H and O–H groups in total. The Morgan fingerprint density at radius 3 is 2.31 bits per heavy atom. The van der Waals surface area contributed by atoms with E-state index in [9.17, 15) is 29.8 Å². The standard InChI is InChI=1S/C28H19N3O7S/c32-27-26(39-28(33)29(27)16-19-4-3-6-22(14-19)31(36)37)15-24-23-7-2-1-5-20(23)10-13-25(24)38-17-18-8-11-21(12-9-18)30(34)35/h1-15H,16-17H2/b26-15+. The number of carbonyl (C=O) groups excluding carboxylic acids is 2. The van der Waals surface area contributed by atoms with Gasteiger partial charge in [-0.05, 0) is 57.9 Å². The summed E-state index contributed by atoms with van der Waals surface area (Å²) in [5.41, 5.74) is 1.64. The lowest BCUT2D eigenvalue weighted by atomic mass is 10.0. The lowest BCUT2D eigenvalue weighted by Gasteiger charge is -2.13. The molecule has 0 atom stereocenters. The van der Waals surface area contributed by atoms with Gasteiger partial charge in [0, 0.05) is 29.8 Å². The SMILES string of the molecule is O=C1S/C(=C/c2c(OCc3ccc([N+](=O)[O-])cc3)ccc3ccccc23)C(=O)N1Cc1cccc([N+](=O)[O-])c1. The van der Waals surface area contributed by atoms with Crippen LogP contribution in [0.2, 0.25) is 0 Å². The zero-order valence-electron chi connectivity index (χ0n) is 20.2. The summed E-state index contributed by atoms with van der Waals surface area (Å²) in [4.78, 5) is 48.3. The second kappa shape index (κ2) is 10.8. The highest BCUT2D eigenvalue weighted by Gasteiger charge is 2.35. The molecule has 4 aromatic rings.